The molecule has 1 heterocycles. The smallest absolute Gasteiger partial charge is 0.259 e. The molecule has 0 spiro atoms. The second kappa shape index (κ2) is 4.97. The van der Waals surface area contributed by atoms with E-state index in [9.17, 15) is 18.0 Å². The highest BCUT2D eigenvalue weighted by Crippen LogP contribution is 2.17. The first kappa shape index (κ1) is 12.9. The van der Waals surface area contributed by atoms with Crippen molar-refractivity contribution >= 4 is 17.4 Å². The van der Waals surface area contributed by atoms with Crippen LogP contribution in [0.4, 0.5) is 24.7 Å². The number of aromatic nitrogens is 1. The van der Waals surface area contributed by atoms with Gasteiger partial charge in [-0.25, -0.2) is 18.2 Å². The summed E-state index contributed by atoms with van der Waals surface area (Å²) >= 11 is 0. The molecule has 0 saturated heterocycles. The van der Waals surface area contributed by atoms with Crippen molar-refractivity contribution in [3.05, 3.63) is 53.5 Å². The fraction of sp³-hybridized carbons (Fsp3) is 0. The van der Waals surface area contributed by atoms with Crippen molar-refractivity contribution in [3.63, 3.8) is 0 Å². The molecule has 1 amide bonds. The van der Waals surface area contributed by atoms with Crippen LogP contribution in [0.5, 0.6) is 0 Å². The largest absolute Gasteiger partial charge is 0.396 e. The molecular formula is C12H8F3N3O. The first-order chi connectivity index (χ1) is 8.97. The second-order valence-electron chi connectivity index (χ2n) is 3.67. The molecule has 0 bridgehead atoms. The van der Waals surface area contributed by atoms with Gasteiger partial charge in [0.25, 0.3) is 5.91 Å². The van der Waals surface area contributed by atoms with Gasteiger partial charge in [-0.05, 0) is 18.2 Å². The van der Waals surface area contributed by atoms with Gasteiger partial charge in [0.05, 0.1) is 17.4 Å². The van der Waals surface area contributed by atoms with Gasteiger partial charge in [0.15, 0.2) is 0 Å². The van der Waals surface area contributed by atoms with Crippen molar-refractivity contribution in [2.75, 3.05) is 11.1 Å². The van der Waals surface area contributed by atoms with Gasteiger partial charge in [-0.3, -0.25) is 4.79 Å². The Kier molecular flexibility index (Phi) is 3.37. The minimum atomic E-state index is -1.05. The number of rotatable bonds is 2. The Morgan fingerprint density at radius 1 is 1.16 bits per heavy atom. The average molecular weight is 267 g/mol. The van der Waals surface area contributed by atoms with E-state index >= 15 is 0 Å². The SMILES string of the molecule is Nc1cc(C(=O)Nc2ccc(F)cn2)c(F)cc1F. The third-order valence-electron chi connectivity index (χ3n) is 2.30. The molecule has 1 aromatic heterocycles. The topological polar surface area (TPSA) is 68.0 Å². The van der Waals surface area contributed by atoms with Gasteiger partial charge in [-0.15, -0.1) is 0 Å². The number of hydrogen-bond donors (Lipinski definition) is 2. The van der Waals surface area contributed by atoms with Crippen LogP contribution in [0.25, 0.3) is 0 Å². The molecule has 0 fully saturated rings. The first-order valence-corrected chi connectivity index (χ1v) is 5.15. The molecule has 0 saturated carbocycles. The predicted molar refractivity (Wildman–Crippen MR) is 62.9 cm³/mol. The van der Waals surface area contributed by atoms with E-state index in [0.29, 0.717) is 6.07 Å². The van der Waals surface area contributed by atoms with Crippen LogP contribution in [0.1, 0.15) is 10.4 Å². The molecule has 0 aliphatic carbocycles. The lowest BCUT2D eigenvalue weighted by atomic mass is 10.1. The van der Waals surface area contributed by atoms with Crippen LogP contribution in [-0.4, -0.2) is 10.9 Å². The highest BCUT2D eigenvalue weighted by molar-refractivity contribution is 6.04. The number of nitrogens with two attached hydrogens (primary N) is 1. The molecule has 0 radical (unpaired) electrons. The zero-order valence-corrected chi connectivity index (χ0v) is 9.45. The van der Waals surface area contributed by atoms with Crippen molar-refractivity contribution in [2.24, 2.45) is 0 Å². The van der Waals surface area contributed by atoms with E-state index in [4.69, 9.17) is 5.73 Å². The number of hydrogen-bond acceptors (Lipinski definition) is 3. The Morgan fingerprint density at radius 3 is 2.53 bits per heavy atom. The van der Waals surface area contributed by atoms with E-state index in [1.807, 2.05) is 0 Å². The van der Waals surface area contributed by atoms with Crippen LogP contribution in [0.15, 0.2) is 30.5 Å². The quantitative estimate of drug-likeness (QED) is 0.820. The summed E-state index contributed by atoms with van der Waals surface area (Å²) in [5.74, 6) is -3.40. The highest BCUT2D eigenvalue weighted by Gasteiger charge is 2.15. The minimum absolute atomic E-state index is 0.0358. The molecule has 0 unspecified atom stereocenters. The lowest BCUT2D eigenvalue weighted by Crippen LogP contribution is -2.15. The Morgan fingerprint density at radius 2 is 1.89 bits per heavy atom. The predicted octanol–water partition coefficient (Wildman–Crippen LogP) is 2.33. The molecule has 0 atom stereocenters. The van der Waals surface area contributed by atoms with Crippen molar-refractivity contribution < 1.29 is 18.0 Å². The van der Waals surface area contributed by atoms with Crippen molar-refractivity contribution in [1.29, 1.82) is 0 Å². The molecule has 2 rings (SSSR count). The van der Waals surface area contributed by atoms with E-state index in [1.54, 1.807) is 0 Å². The zero-order valence-electron chi connectivity index (χ0n) is 9.45. The van der Waals surface area contributed by atoms with E-state index in [2.05, 4.69) is 10.3 Å². The monoisotopic (exact) mass is 267 g/mol. The number of nitrogens with zero attached hydrogens (tertiary/aromatic N) is 1. The van der Waals surface area contributed by atoms with Gasteiger partial charge < -0.3 is 11.1 Å². The number of carbonyl (C=O) groups excluding carboxylic acids is 1. The fourth-order valence-corrected chi connectivity index (χ4v) is 1.37. The maximum Gasteiger partial charge on any atom is 0.259 e. The van der Waals surface area contributed by atoms with Crippen LogP contribution in [0.2, 0.25) is 0 Å². The van der Waals surface area contributed by atoms with Gasteiger partial charge in [-0.2, -0.15) is 0 Å². The summed E-state index contributed by atoms with van der Waals surface area (Å²) in [5, 5.41) is 2.24. The Labute approximate surface area is 106 Å². The maximum absolute atomic E-state index is 13.4. The van der Waals surface area contributed by atoms with Crippen molar-refractivity contribution in [1.82, 2.24) is 4.98 Å². The summed E-state index contributed by atoms with van der Waals surface area (Å²) in [6.07, 6.45) is 0.894. The van der Waals surface area contributed by atoms with Gasteiger partial charge >= 0.3 is 0 Å². The summed E-state index contributed by atoms with van der Waals surface area (Å²) in [7, 11) is 0. The molecule has 3 N–H and O–H groups in total. The van der Waals surface area contributed by atoms with Gasteiger partial charge in [0.2, 0.25) is 0 Å². The molecular weight excluding hydrogens is 259 g/mol. The molecule has 0 aliphatic rings. The Balaban J connectivity index is 2.25. The lowest BCUT2D eigenvalue weighted by Gasteiger charge is -2.06. The number of nitrogens with one attached hydrogen (secondary N) is 1. The number of halogens is 3. The van der Waals surface area contributed by atoms with Gasteiger partial charge in [0, 0.05) is 6.07 Å². The summed E-state index contributed by atoms with van der Waals surface area (Å²) < 4.78 is 39.0. The number of amides is 1. The number of carbonyl (C=O) groups is 1. The molecule has 4 nitrogen and oxygen atoms in total. The van der Waals surface area contributed by atoms with Crippen LogP contribution in [0, 0.1) is 17.5 Å². The molecule has 7 heteroatoms. The standard InChI is InChI=1S/C12H8F3N3O/c13-6-1-2-11(17-5-6)18-12(19)7-3-10(16)9(15)4-8(7)14/h1-5H,16H2,(H,17,18,19). The summed E-state index contributed by atoms with van der Waals surface area (Å²) in [4.78, 5) is 15.3. The van der Waals surface area contributed by atoms with Crippen LogP contribution >= 0.6 is 0 Å². The van der Waals surface area contributed by atoms with E-state index in [-0.39, 0.29) is 11.5 Å². The summed E-state index contributed by atoms with van der Waals surface area (Å²) in [6, 6.07) is 3.68. The van der Waals surface area contributed by atoms with Crippen molar-refractivity contribution in [3.8, 4) is 0 Å². The fourth-order valence-electron chi connectivity index (χ4n) is 1.37. The van der Waals surface area contributed by atoms with Crippen LogP contribution < -0.4 is 11.1 Å². The van der Waals surface area contributed by atoms with E-state index < -0.39 is 28.9 Å². The van der Waals surface area contributed by atoms with Gasteiger partial charge in [0.1, 0.15) is 23.3 Å². The Bertz CT molecular complexity index is 629. The molecule has 98 valence electrons. The first-order valence-electron chi connectivity index (χ1n) is 5.15. The molecule has 19 heavy (non-hydrogen) atoms. The summed E-state index contributed by atoms with van der Waals surface area (Å²) in [6.45, 7) is 0. The van der Waals surface area contributed by atoms with Crippen LogP contribution in [0.3, 0.4) is 0 Å². The maximum atomic E-state index is 13.4. The Hall–Kier alpha value is -2.57. The van der Waals surface area contributed by atoms with E-state index in [0.717, 1.165) is 18.3 Å². The molecule has 1 aromatic carbocycles. The lowest BCUT2D eigenvalue weighted by molar-refractivity contribution is 0.102. The number of anilines is 2. The number of benzene rings is 1. The van der Waals surface area contributed by atoms with Crippen LogP contribution in [-0.2, 0) is 0 Å². The minimum Gasteiger partial charge on any atom is -0.396 e. The van der Waals surface area contributed by atoms with E-state index in [1.165, 1.54) is 6.07 Å². The number of nitrogen functional groups attached to an aromatic ring is 1. The number of pyridine rings is 1. The molecule has 2 aromatic rings. The molecule has 0 aliphatic heterocycles. The second-order valence-corrected chi connectivity index (χ2v) is 3.67. The van der Waals surface area contributed by atoms with Gasteiger partial charge in [-0.1, -0.05) is 0 Å². The zero-order chi connectivity index (χ0) is 14.0. The normalized spacial score (nSPS) is 10.3. The third kappa shape index (κ3) is 2.82. The summed E-state index contributed by atoms with van der Waals surface area (Å²) in [5.41, 5.74) is 4.48. The highest BCUT2D eigenvalue weighted by atomic mass is 19.1. The third-order valence-corrected chi connectivity index (χ3v) is 2.30. The average Bonchev–Trinajstić information content (AvgIpc) is 2.36. The van der Waals surface area contributed by atoms with Crippen molar-refractivity contribution in [2.45, 2.75) is 0 Å².